The number of aryl methyl sites for hydroxylation is 1. The van der Waals surface area contributed by atoms with E-state index in [-0.39, 0.29) is 29.4 Å². The molecule has 2 aromatic carbocycles. The summed E-state index contributed by atoms with van der Waals surface area (Å²) in [6, 6.07) is 14.2. The normalized spacial score (nSPS) is 13.3. The lowest BCUT2D eigenvalue weighted by atomic mass is 10.0. The molecule has 1 N–H and O–H groups in total. The van der Waals surface area contributed by atoms with Crippen molar-refractivity contribution in [3.63, 3.8) is 0 Å². The number of furan rings is 1. The number of halogens is 1. The van der Waals surface area contributed by atoms with E-state index in [1.807, 2.05) is 6.07 Å². The summed E-state index contributed by atoms with van der Waals surface area (Å²) < 4.78 is 62.8. The first-order valence-electron chi connectivity index (χ1n) is 13.9. The Kier molecular flexibility index (Phi) is 9.52. The number of ether oxygens (including phenoxy) is 2. The van der Waals surface area contributed by atoms with Gasteiger partial charge in [-0.25, -0.2) is 17.1 Å². The molecule has 0 fully saturated rings. The van der Waals surface area contributed by atoms with Crippen molar-refractivity contribution in [3.8, 4) is 34.8 Å². The van der Waals surface area contributed by atoms with Crippen LogP contribution in [0.4, 0.5) is 10.3 Å². The third kappa shape index (κ3) is 6.49. The maximum absolute atomic E-state index is 14.5. The van der Waals surface area contributed by atoms with Gasteiger partial charge < -0.3 is 19.0 Å². The number of para-hydroxylation sites is 1. The van der Waals surface area contributed by atoms with Gasteiger partial charge in [0.05, 0.1) is 32.0 Å². The van der Waals surface area contributed by atoms with Gasteiger partial charge in [-0.1, -0.05) is 31.8 Å². The zero-order valence-corrected chi connectivity index (χ0v) is 27.5. The highest BCUT2D eigenvalue weighted by Crippen LogP contribution is 2.40. The molecule has 0 bridgehead atoms. The molecule has 0 aliphatic rings. The molecule has 0 amide bonds. The van der Waals surface area contributed by atoms with E-state index in [1.54, 1.807) is 37.3 Å². The number of aromatic nitrogens is 3. The van der Waals surface area contributed by atoms with Gasteiger partial charge in [-0.05, 0) is 61.9 Å². The zero-order valence-electron chi connectivity index (χ0n) is 25.7. The number of methoxy groups -OCH3 is 2. The molecule has 2 heterocycles. The van der Waals surface area contributed by atoms with Crippen molar-refractivity contribution in [2.45, 2.75) is 50.9 Å². The van der Waals surface area contributed by atoms with Gasteiger partial charge in [0.1, 0.15) is 34.0 Å². The van der Waals surface area contributed by atoms with Gasteiger partial charge >= 0.3 is 0 Å². The van der Waals surface area contributed by atoms with Crippen LogP contribution in [0.5, 0.6) is 11.5 Å². The highest BCUT2D eigenvalue weighted by molar-refractivity contribution is 7.93. The monoisotopic (exact) mass is 641 g/mol. The molecular weight excluding hydrogens is 606 g/mol. The summed E-state index contributed by atoms with van der Waals surface area (Å²) in [7, 11) is -3.31. The molecule has 0 saturated carbocycles. The molecule has 14 heteroatoms. The van der Waals surface area contributed by atoms with E-state index in [9.17, 15) is 23.2 Å². The average molecular weight is 642 g/mol. The molecular formula is C30H36FN5O6SSi. The van der Waals surface area contributed by atoms with Gasteiger partial charge in [-0.3, -0.25) is 4.57 Å². The first-order chi connectivity index (χ1) is 20.7. The molecule has 2 atom stereocenters. The first kappa shape index (κ1) is 32.7. The highest BCUT2D eigenvalue weighted by Gasteiger charge is 2.40. The topological polar surface area (TPSA) is 144 Å². The quantitative estimate of drug-likeness (QED) is 0.199. The van der Waals surface area contributed by atoms with Crippen molar-refractivity contribution in [3.05, 3.63) is 71.2 Å². The summed E-state index contributed by atoms with van der Waals surface area (Å²) in [5.41, 5.74) is 0.175. The van der Waals surface area contributed by atoms with Crippen LogP contribution in [-0.4, -0.2) is 62.4 Å². The zero-order chi connectivity index (χ0) is 32.4. The number of anilines is 1. The van der Waals surface area contributed by atoms with E-state index in [1.165, 1.54) is 31.8 Å². The number of nitriles is 1. The molecule has 0 saturated heterocycles. The molecule has 0 aliphatic heterocycles. The average Bonchev–Trinajstić information content (AvgIpc) is 3.61. The van der Waals surface area contributed by atoms with Crippen molar-refractivity contribution in [2.24, 2.45) is 0 Å². The van der Waals surface area contributed by atoms with Gasteiger partial charge in [0.25, 0.3) is 0 Å². The molecule has 2 aromatic heterocycles. The minimum Gasteiger partial charge on any atom is -0.494 e. The Labute approximate surface area is 257 Å². The molecule has 0 spiro atoms. The van der Waals surface area contributed by atoms with Crippen molar-refractivity contribution in [2.75, 3.05) is 25.1 Å². The minimum absolute atomic E-state index is 0.00487. The van der Waals surface area contributed by atoms with Gasteiger partial charge in [-0.2, -0.15) is 5.26 Å². The largest absolute Gasteiger partial charge is 0.494 e. The predicted molar refractivity (Wildman–Crippen MR) is 167 cm³/mol. The summed E-state index contributed by atoms with van der Waals surface area (Å²) in [4.78, 5) is 0. The number of aliphatic hydroxyl groups is 1. The lowest BCUT2D eigenvalue weighted by Gasteiger charge is -2.31. The number of sulfonamides is 1. The van der Waals surface area contributed by atoms with E-state index in [2.05, 4.69) is 29.8 Å². The minimum atomic E-state index is -4.43. The standard InChI is InChI=1S/C30H36FN5O6SSi/c1-19-11-14-26(42-19)29-33-34-30(36(29)27-24(40-3)9-8-10-25(27)41-4)35(15-16-44(5,6)7)43(38,39)20(2)28(37)23-13-12-22(31)17-21(23)18-32/h8-14,17,20,28,37H,15-16H2,1-7H3. The molecule has 4 rings (SSSR count). The summed E-state index contributed by atoms with van der Waals surface area (Å²) in [6.07, 6.45) is -1.66. The lowest BCUT2D eigenvalue weighted by molar-refractivity contribution is 0.175. The smallest absolute Gasteiger partial charge is 0.246 e. The van der Waals surface area contributed by atoms with Crippen LogP contribution in [0.25, 0.3) is 17.3 Å². The van der Waals surface area contributed by atoms with Crippen molar-refractivity contribution >= 4 is 24.0 Å². The Morgan fingerprint density at radius 2 is 1.77 bits per heavy atom. The van der Waals surface area contributed by atoms with Crippen molar-refractivity contribution in [1.29, 1.82) is 5.26 Å². The fraction of sp³-hybridized carbons (Fsp3) is 0.367. The fourth-order valence-electron chi connectivity index (χ4n) is 4.69. The van der Waals surface area contributed by atoms with E-state index >= 15 is 0 Å². The predicted octanol–water partition coefficient (Wildman–Crippen LogP) is 5.46. The van der Waals surface area contributed by atoms with Gasteiger partial charge in [0.15, 0.2) is 5.76 Å². The molecule has 11 nitrogen and oxygen atoms in total. The lowest BCUT2D eigenvalue weighted by Crippen LogP contribution is -2.44. The van der Waals surface area contributed by atoms with E-state index in [0.29, 0.717) is 34.8 Å². The van der Waals surface area contributed by atoms with Crippen LogP contribution in [0.2, 0.25) is 25.7 Å². The maximum Gasteiger partial charge on any atom is 0.246 e. The summed E-state index contributed by atoms with van der Waals surface area (Å²) in [5.74, 6) is 1.09. The molecule has 0 radical (unpaired) electrons. The second-order valence-corrected chi connectivity index (χ2v) is 19.3. The number of aliphatic hydroxyl groups excluding tert-OH is 1. The molecule has 234 valence electrons. The van der Waals surface area contributed by atoms with Crippen LogP contribution in [0, 0.1) is 24.1 Å². The second-order valence-electron chi connectivity index (χ2n) is 11.5. The Morgan fingerprint density at radius 1 is 1.11 bits per heavy atom. The van der Waals surface area contributed by atoms with Crippen LogP contribution in [0.1, 0.15) is 29.9 Å². The van der Waals surface area contributed by atoms with E-state index in [0.717, 1.165) is 16.4 Å². The third-order valence-corrected chi connectivity index (χ3v) is 11.1. The number of nitrogens with zero attached hydrogens (tertiary/aromatic N) is 5. The van der Waals surface area contributed by atoms with Gasteiger partial charge in [0.2, 0.25) is 21.8 Å². The van der Waals surface area contributed by atoms with Crippen LogP contribution in [0.15, 0.2) is 52.9 Å². The summed E-state index contributed by atoms with van der Waals surface area (Å²) >= 11 is 0. The fourth-order valence-corrected chi connectivity index (χ4v) is 7.31. The SMILES string of the molecule is COc1cccc(OC)c1-n1c(-c2ccc(C)o2)nnc1N(CC[Si](C)(C)C)S(=O)(=O)C(C)C(O)c1ccc(F)cc1C#N. The number of hydrogen-bond acceptors (Lipinski definition) is 9. The number of hydrogen-bond donors (Lipinski definition) is 1. The summed E-state index contributed by atoms with van der Waals surface area (Å²) in [5, 5.41) is 28.2. The van der Waals surface area contributed by atoms with Crippen LogP contribution < -0.4 is 13.8 Å². The molecule has 44 heavy (non-hydrogen) atoms. The first-order valence-corrected chi connectivity index (χ1v) is 19.1. The van der Waals surface area contributed by atoms with Gasteiger partial charge in [-0.15, -0.1) is 10.2 Å². The number of rotatable bonds is 12. The Bertz CT molecular complexity index is 1770. The van der Waals surface area contributed by atoms with Crippen molar-refractivity contribution < 1.29 is 31.8 Å². The van der Waals surface area contributed by atoms with Gasteiger partial charge in [0, 0.05) is 14.6 Å². The second kappa shape index (κ2) is 12.8. The number of benzene rings is 2. The highest BCUT2D eigenvalue weighted by atomic mass is 32.2. The van der Waals surface area contributed by atoms with Crippen LogP contribution in [0.3, 0.4) is 0 Å². The Hall–Kier alpha value is -4.19. The molecule has 4 aromatic rings. The Balaban J connectivity index is 1.98. The molecule has 2 unspecified atom stereocenters. The van der Waals surface area contributed by atoms with E-state index in [4.69, 9.17) is 13.9 Å². The van der Waals surface area contributed by atoms with Crippen LogP contribution >= 0.6 is 0 Å². The third-order valence-electron chi connectivity index (χ3n) is 7.20. The maximum atomic E-state index is 14.5. The van der Waals surface area contributed by atoms with Crippen LogP contribution in [-0.2, 0) is 10.0 Å². The van der Waals surface area contributed by atoms with Crippen molar-refractivity contribution in [1.82, 2.24) is 14.8 Å². The van der Waals surface area contributed by atoms with E-state index < -0.39 is 35.3 Å². The Morgan fingerprint density at radius 3 is 2.32 bits per heavy atom. The molecule has 0 aliphatic carbocycles. The summed E-state index contributed by atoms with van der Waals surface area (Å²) in [6.45, 7) is 9.47.